The molecule has 34 heavy (non-hydrogen) atoms. The third-order valence-corrected chi connectivity index (χ3v) is 7.15. The summed E-state index contributed by atoms with van der Waals surface area (Å²) >= 11 is 13.9. The highest BCUT2D eigenvalue weighted by molar-refractivity contribution is 8.00. The quantitative estimate of drug-likeness (QED) is 0.273. The van der Waals surface area contributed by atoms with Crippen molar-refractivity contribution in [2.24, 2.45) is 5.92 Å². The van der Waals surface area contributed by atoms with Crippen LogP contribution in [0.25, 0.3) is 0 Å². The first kappa shape index (κ1) is 25.1. The van der Waals surface area contributed by atoms with E-state index in [2.05, 4.69) is 10.1 Å². The van der Waals surface area contributed by atoms with Crippen LogP contribution in [0.2, 0.25) is 10.0 Å². The number of aromatic nitrogens is 1. The molecule has 184 valence electrons. The second kappa shape index (κ2) is 11.2. The van der Waals surface area contributed by atoms with Gasteiger partial charge < -0.3 is 19.4 Å². The average molecular weight is 535 g/mol. The fraction of sp³-hybridized carbons (Fsp3) is 0.455. The number of carbonyl (C=O) groups is 1. The molecule has 1 saturated heterocycles. The normalized spacial score (nSPS) is 18.7. The summed E-state index contributed by atoms with van der Waals surface area (Å²) in [5.41, 5.74) is 0.892. The predicted octanol–water partition coefficient (Wildman–Crippen LogP) is 4.51. The van der Waals surface area contributed by atoms with E-state index in [0.717, 1.165) is 31.0 Å². The fourth-order valence-electron chi connectivity index (χ4n) is 3.44. The summed E-state index contributed by atoms with van der Waals surface area (Å²) in [6.45, 7) is -1.97. The van der Waals surface area contributed by atoms with Crippen molar-refractivity contribution in [3.05, 3.63) is 57.0 Å². The van der Waals surface area contributed by atoms with Gasteiger partial charge in [-0.2, -0.15) is 13.5 Å². The molecule has 0 amide bonds. The minimum atomic E-state index is -3.02. The number of nitrogens with zero attached hydrogens (tertiary/aromatic N) is 1. The maximum Gasteiger partial charge on any atom is 0.387 e. The number of esters is 1. The van der Waals surface area contributed by atoms with Gasteiger partial charge in [0.05, 0.1) is 6.61 Å². The zero-order chi connectivity index (χ0) is 24.2. The van der Waals surface area contributed by atoms with Crippen LogP contribution in [0.3, 0.4) is 0 Å². The lowest BCUT2D eigenvalue weighted by molar-refractivity contribution is -0.605. The van der Waals surface area contributed by atoms with Gasteiger partial charge in [0.25, 0.3) is 0 Å². The van der Waals surface area contributed by atoms with E-state index in [1.807, 2.05) is 0 Å². The van der Waals surface area contributed by atoms with Gasteiger partial charge in [-0.25, -0.2) is 4.79 Å². The monoisotopic (exact) mass is 534 g/mol. The largest absolute Gasteiger partial charge is 0.619 e. The smallest absolute Gasteiger partial charge is 0.387 e. The Hall–Kier alpha value is -2.01. The Morgan fingerprint density at radius 3 is 2.59 bits per heavy atom. The molecular weight excluding hydrogens is 513 g/mol. The first-order valence-corrected chi connectivity index (χ1v) is 12.4. The number of hydrogen-bond donors (Lipinski definition) is 1. The van der Waals surface area contributed by atoms with Crippen molar-refractivity contribution in [3.8, 4) is 11.5 Å². The van der Waals surface area contributed by atoms with Crippen molar-refractivity contribution in [1.29, 1.82) is 0 Å². The molecule has 0 bridgehead atoms. The molecule has 7 nitrogen and oxygen atoms in total. The number of halogens is 4. The van der Waals surface area contributed by atoms with E-state index in [1.54, 1.807) is 0 Å². The van der Waals surface area contributed by atoms with Crippen LogP contribution in [0.15, 0.2) is 30.6 Å². The molecule has 2 atom stereocenters. The Morgan fingerprint density at radius 1 is 1.24 bits per heavy atom. The van der Waals surface area contributed by atoms with E-state index in [4.69, 9.17) is 32.7 Å². The topological polar surface area (TPSA) is 83.7 Å². The van der Waals surface area contributed by atoms with Crippen molar-refractivity contribution in [1.82, 2.24) is 5.32 Å². The standard InChI is InChI=1S/C22H22Cl2F2N2O5S/c23-15-9-28(30)10-16(24)14(15)8-18(32-21(29)20-27-5-6-34-20)13-3-4-17(33-22(25)26)19(7-13)31-11-12-1-2-12/h3-4,7,9-10,12,18,20,22,27H,1-2,5-6,8,11H2/t18?,20-/m0/s1. The van der Waals surface area contributed by atoms with Gasteiger partial charge in [0.15, 0.2) is 29.3 Å². The first-order valence-electron chi connectivity index (χ1n) is 10.6. The van der Waals surface area contributed by atoms with Gasteiger partial charge in [0, 0.05) is 24.3 Å². The Balaban J connectivity index is 1.65. The van der Waals surface area contributed by atoms with Gasteiger partial charge in [-0.3, -0.25) is 5.32 Å². The molecule has 2 aromatic rings. The molecule has 2 aliphatic rings. The van der Waals surface area contributed by atoms with Crippen molar-refractivity contribution in [2.75, 3.05) is 18.9 Å². The van der Waals surface area contributed by atoms with E-state index in [9.17, 15) is 18.8 Å². The number of rotatable bonds is 10. The lowest BCUT2D eigenvalue weighted by Gasteiger charge is -2.22. The number of carbonyl (C=O) groups excluding carboxylic acids is 1. The number of thioether (sulfide) groups is 1. The second-order valence-corrected chi connectivity index (χ2v) is 9.99. The molecule has 0 radical (unpaired) electrons. The van der Waals surface area contributed by atoms with Crippen LogP contribution in [0.5, 0.6) is 11.5 Å². The fourth-order valence-corrected chi connectivity index (χ4v) is 4.94. The first-order chi connectivity index (χ1) is 16.3. The molecule has 0 spiro atoms. The lowest BCUT2D eigenvalue weighted by Crippen LogP contribution is -2.32. The zero-order valence-corrected chi connectivity index (χ0v) is 20.2. The molecule has 4 rings (SSSR count). The highest BCUT2D eigenvalue weighted by Crippen LogP contribution is 2.38. The molecule has 1 saturated carbocycles. The number of alkyl halides is 2. The van der Waals surface area contributed by atoms with Crippen molar-refractivity contribution in [3.63, 3.8) is 0 Å². The van der Waals surface area contributed by atoms with Gasteiger partial charge in [0.2, 0.25) is 0 Å². The Labute approximate surface area is 209 Å². The van der Waals surface area contributed by atoms with Crippen LogP contribution < -0.4 is 19.5 Å². The Kier molecular flexibility index (Phi) is 8.23. The Bertz CT molecular complexity index is 1020. The minimum absolute atomic E-state index is 0.0543. The van der Waals surface area contributed by atoms with Crippen LogP contribution in [0.1, 0.15) is 30.1 Å². The lowest BCUT2D eigenvalue weighted by atomic mass is 10.0. The summed E-state index contributed by atoms with van der Waals surface area (Å²) in [6.07, 6.45) is 3.51. The molecule has 1 unspecified atom stereocenters. The van der Waals surface area contributed by atoms with Crippen LogP contribution in [-0.4, -0.2) is 36.9 Å². The number of benzene rings is 1. The van der Waals surface area contributed by atoms with Gasteiger partial charge in [0.1, 0.15) is 16.1 Å². The van der Waals surface area contributed by atoms with Crippen LogP contribution in [0, 0.1) is 11.1 Å². The van der Waals surface area contributed by atoms with Crippen molar-refractivity contribution < 1.29 is 32.5 Å². The van der Waals surface area contributed by atoms with Gasteiger partial charge in [-0.05, 0) is 36.5 Å². The van der Waals surface area contributed by atoms with Crippen molar-refractivity contribution in [2.45, 2.75) is 37.4 Å². The molecule has 1 N–H and O–H groups in total. The van der Waals surface area contributed by atoms with E-state index in [-0.39, 0.29) is 28.0 Å². The van der Waals surface area contributed by atoms with Crippen LogP contribution in [0.4, 0.5) is 8.78 Å². The van der Waals surface area contributed by atoms with Crippen LogP contribution >= 0.6 is 35.0 Å². The zero-order valence-electron chi connectivity index (χ0n) is 17.8. The summed E-state index contributed by atoms with van der Waals surface area (Å²) < 4.78 is 42.5. The predicted molar refractivity (Wildman–Crippen MR) is 124 cm³/mol. The SMILES string of the molecule is O=C(OC(Cc1c(Cl)c[n+]([O-])cc1Cl)c1ccc(OC(F)F)c(OCC2CC2)c1)[C@H]1NCCS1. The summed E-state index contributed by atoms with van der Waals surface area (Å²) in [5.74, 6) is 0.677. The molecule has 1 aliphatic heterocycles. The van der Waals surface area contributed by atoms with Gasteiger partial charge >= 0.3 is 12.6 Å². The maximum absolute atomic E-state index is 12.9. The summed E-state index contributed by atoms with van der Waals surface area (Å²) in [6, 6.07) is 4.39. The van der Waals surface area contributed by atoms with E-state index >= 15 is 0 Å². The molecular formula is C22H22Cl2F2N2O5S. The number of nitrogens with one attached hydrogen (secondary N) is 1. The Morgan fingerprint density at radius 2 is 1.97 bits per heavy atom. The van der Waals surface area contributed by atoms with Gasteiger partial charge in [-0.15, -0.1) is 11.8 Å². The van der Waals surface area contributed by atoms with E-state index in [0.29, 0.717) is 34.9 Å². The van der Waals surface area contributed by atoms with Crippen molar-refractivity contribution >= 4 is 40.9 Å². The molecule has 12 heteroatoms. The highest BCUT2D eigenvalue weighted by Gasteiger charge is 2.30. The average Bonchev–Trinajstić information content (AvgIpc) is 3.44. The molecule has 1 aliphatic carbocycles. The van der Waals surface area contributed by atoms with E-state index in [1.165, 1.54) is 30.0 Å². The molecule has 2 heterocycles. The van der Waals surface area contributed by atoms with Crippen LogP contribution in [-0.2, 0) is 16.0 Å². The summed E-state index contributed by atoms with van der Waals surface area (Å²) in [5, 5.41) is 14.4. The summed E-state index contributed by atoms with van der Waals surface area (Å²) in [4.78, 5) is 12.8. The minimum Gasteiger partial charge on any atom is -0.619 e. The third-order valence-electron chi connectivity index (χ3n) is 5.36. The number of ether oxygens (including phenoxy) is 3. The second-order valence-electron chi connectivity index (χ2n) is 7.97. The van der Waals surface area contributed by atoms with Gasteiger partial charge in [-0.1, -0.05) is 29.3 Å². The molecule has 1 aromatic carbocycles. The number of pyridine rings is 1. The van der Waals surface area contributed by atoms with E-state index < -0.39 is 24.1 Å². The maximum atomic E-state index is 12.9. The molecule has 2 fully saturated rings. The number of hydrogen-bond acceptors (Lipinski definition) is 7. The molecule has 1 aromatic heterocycles. The third kappa shape index (κ3) is 6.56. The highest BCUT2D eigenvalue weighted by atomic mass is 35.5. The summed E-state index contributed by atoms with van der Waals surface area (Å²) in [7, 11) is 0.